The molecule has 0 atom stereocenters. The maximum absolute atomic E-state index is 3.50. The molecule has 2 heteroatoms. The monoisotopic (exact) mass is 335 g/mol. The summed E-state index contributed by atoms with van der Waals surface area (Å²) in [5, 5.41) is 2.66. The number of aromatic nitrogens is 1. The summed E-state index contributed by atoms with van der Waals surface area (Å²) in [6, 6.07) is 13.3. The first-order valence-electron chi connectivity index (χ1n) is 5.98. The van der Waals surface area contributed by atoms with Crippen molar-refractivity contribution < 1.29 is 0 Å². The number of hydrogen-bond donors (Lipinski definition) is 1. The number of hydrogen-bond acceptors (Lipinski definition) is 0. The molecule has 17 heavy (non-hydrogen) atoms. The predicted octanol–water partition coefficient (Wildman–Crippen LogP) is 4.88. The van der Waals surface area contributed by atoms with Gasteiger partial charge < -0.3 is 4.98 Å². The lowest BCUT2D eigenvalue weighted by atomic mass is 10.1. The molecule has 0 aliphatic carbocycles. The molecule has 3 rings (SSSR count). The first kappa shape index (κ1) is 11.1. The SMILES string of the molecule is CCCc1ccc2c(c1)[nH]c1ccc(I)cc12. The van der Waals surface area contributed by atoms with E-state index in [9.17, 15) is 0 Å². The maximum atomic E-state index is 3.50. The quantitative estimate of drug-likeness (QED) is 0.643. The van der Waals surface area contributed by atoms with Gasteiger partial charge in [0.2, 0.25) is 0 Å². The van der Waals surface area contributed by atoms with E-state index < -0.39 is 0 Å². The van der Waals surface area contributed by atoms with Gasteiger partial charge in [0.15, 0.2) is 0 Å². The average molecular weight is 335 g/mol. The minimum absolute atomic E-state index is 1.16. The van der Waals surface area contributed by atoms with Gasteiger partial charge in [0.1, 0.15) is 0 Å². The molecule has 1 heterocycles. The second-order valence-corrected chi connectivity index (χ2v) is 5.69. The topological polar surface area (TPSA) is 15.8 Å². The Kier molecular flexibility index (Phi) is 2.82. The first-order valence-corrected chi connectivity index (χ1v) is 7.05. The molecule has 0 unspecified atom stereocenters. The van der Waals surface area contributed by atoms with Gasteiger partial charge in [-0.15, -0.1) is 0 Å². The zero-order valence-electron chi connectivity index (χ0n) is 9.76. The second kappa shape index (κ2) is 4.33. The predicted molar refractivity (Wildman–Crippen MR) is 82.5 cm³/mol. The number of H-pyrrole nitrogens is 1. The molecule has 0 saturated carbocycles. The maximum Gasteiger partial charge on any atom is 0.0467 e. The number of aryl methyl sites for hydroxylation is 1. The third kappa shape index (κ3) is 1.95. The van der Waals surface area contributed by atoms with Crippen molar-refractivity contribution in [3.63, 3.8) is 0 Å². The smallest absolute Gasteiger partial charge is 0.0467 e. The average Bonchev–Trinajstić information content (AvgIpc) is 2.66. The number of fused-ring (bicyclic) bond motifs is 3. The summed E-state index contributed by atoms with van der Waals surface area (Å²) in [7, 11) is 0. The van der Waals surface area contributed by atoms with Crippen molar-refractivity contribution in [1.82, 2.24) is 4.98 Å². The standard InChI is InChI=1S/C15H14IN/c1-2-3-10-4-6-12-13-9-11(16)5-7-14(13)17-15(12)8-10/h4-9,17H,2-3H2,1H3. The van der Waals surface area contributed by atoms with Crippen LogP contribution in [0, 0.1) is 3.57 Å². The van der Waals surface area contributed by atoms with Crippen molar-refractivity contribution in [2.75, 3.05) is 0 Å². The lowest BCUT2D eigenvalue weighted by Gasteiger charge is -1.98. The third-order valence-electron chi connectivity index (χ3n) is 3.16. The van der Waals surface area contributed by atoms with Crippen LogP contribution in [0.5, 0.6) is 0 Å². The Morgan fingerprint density at radius 3 is 2.71 bits per heavy atom. The Morgan fingerprint density at radius 2 is 1.88 bits per heavy atom. The van der Waals surface area contributed by atoms with Gasteiger partial charge in [-0.25, -0.2) is 0 Å². The van der Waals surface area contributed by atoms with Crippen molar-refractivity contribution >= 4 is 44.4 Å². The van der Waals surface area contributed by atoms with Crippen LogP contribution >= 0.6 is 22.6 Å². The van der Waals surface area contributed by atoms with E-state index in [4.69, 9.17) is 0 Å². The van der Waals surface area contributed by atoms with Gasteiger partial charge in [0, 0.05) is 25.4 Å². The van der Waals surface area contributed by atoms with Crippen LogP contribution in [0.3, 0.4) is 0 Å². The summed E-state index contributed by atoms with van der Waals surface area (Å²) in [5.74, 6) is 0. The van der Waals surface area contributed by atoms with E-state index in [0.717, 1.165) is 6.42 Å². The summed E-state index contributed by atoms with van der Waals surface area (Å²) in [4.78, 5) is 3.50. The van der Waals surface area contributed by atoms with Crippen LogP contribution < -0.4 is 0 Å². The molecule has 0 bridgehead atoms. The zero-order chi connectivity index (χ0) is 11.8. The fourth-order valence-electron chi connectivity index (χ4n) is 2.37. The van der Waals surface area contributed by atoms with E-state index in [1.54, 1.807) is 0 Å². The summed E-state index contributed by atoms with van der Waals surface area (Å²) in [5.41, 5.74) is 3.91. The molecule has 0 fully saturated rings. The zero-order valence-corrected chi connectivity index (χ0v) is 11.9. The molecule has 1 aromatic heterocycles. The fourth-order valence-corrected chi connectivity index (χ4v) is 2.86. The molecule has 1 nitrogen and oxygen atoms in total. The van der Waals surface area contributed by atoms with E-state index in [0.29, 0.717) is 0 Å². The highest BCUT2D eigenvalue weighted by Gasteiger charge is 2.05. The Morgan fingerprint density at radius 1 is 1.00 bits per heavy atom. The second-order valence-electron chi connectivity index (χ2n) is 4.44. The van der Waals surface area contributed by atoms with Crippen molar-refractivity contribution in [3.8, 4) is 0 Å². The molecule has 0 spiro atoms. The molecular weight excluding hydrogens is 321 g/mol. The highest BCUT2D eigenvalue weighted by Crippen LogP contribution is 2.27. The van der Waals surface area contributed by atoms with Gasteiger partial charge in [-0.1, -0.05) is 25.5 Å². The van der Waals surface area contributed by atoms with Gasteiger partial charge >= 0.3 is 0 Å². The Hall–Kier alpha value is -1.03. The van der Waals surface area contributed by atoms with E-state index in [1.165, 1.54) is 37.4 Å². The molecule has 0 aliphatic heterocycles. The lowest BCUT2D eigenvalue weighted by molar-refractivity contribution is 0.923. The minimum Gasteiger partial charge on any atom is -0.355 e. The van der Waals surface area contributed by atoms with Crippen LogP contribution in [0.2, 0.25) is 0 Å². The highest BCUT2D eigenvalue weighted by molar-refractivity contribution is 14.1. The Labute approximate surface area is 114 Å². The van der Waals surface area contributed by atoms with Crippen molar-refractivity contribution in [2.24, 2.45) is 0 Å². The van der Waals surface area contributed by atoms with Crippen LogP contribution in [0.25, 0.3) is 21.8 Å². The molecule has 0 saturated heterocycles. The van der Waals surface area contributed by atoms with E-state index in [1.807, 2.05) is 0 Å². The van der Waals surface area contributed by atoms with Crippen LogP contribution in [-0.4, -0.2) is 4.98 Å². The summed E-state index contributed by atoms with van der Waals surface area (Å²) in [6.45, 7) is 2.22. The largest absolute Gasteiger partial charge is 0.355 e. The molecule has 86 valence electrons. The third-order valence-corrected chi connectivity index (χ3v) is 3.83. The molecule has 0 aliphatic rings. The summed E-state index contributed by atoms with van der Waals surface area (Å²) < 4.78 is 1.29. The number of halogens is 1. The Bertz CT molecular complexity index is 682. The number of benzene rings is 2. The molecule has 1 N–H and O–H groups in total. The molecule has 3 aromatic rings. The number of rotatable bonds is 2. The molecule has 0 amide bonds. The van der Waals surface area contributed by atoms with Crippen LogP contribution in [0.1, 0.15) is 18.9 Å². The van der Waals surface area contributed by atoms with Crippen LogP contribution in [0.4, 0.5) is 0 Å². The normalized spacial score (nSPS) is 11.4. The van der Waals surface area contributed by atoms with Gasteiger partial charge in [-0.05, 0) is 58.8 Å². The molecule has 0 radical (unpaired) electrons. The molecular formula is C15H14IN. The van der Waals surface area contributed by atoms with Gasteiger partial charge in [-0.3, -0.25) is 0 Å². The van der Waals surface area contributed by atoms with Gasteiger partial charge in [0.05, 0.1) is 0 Å². The van der Waals surface area contributed by atoms with Crippen LogP contribution in [-0.2, 0) is 6.42 Å². The van der Waals surface area contributed by atoms with Crippen molar-refractivity contribution in [1.29, 1.82) is 0 Å². The fraction of sp³-hybridized carbons (Fsp3) is 0.200. The first-order chi connectivity index (χ1) is 8.28. The molecule has 2 aromatic carbocycles. The lowest BCUT2D eigenvalue weighted by Crippen LogP contribution is -1.81. The summed E-state index contributed by atoms with van der Waals surface area (Å²) >= 11 is 2.36. The van der Waals surface area contributed by atoms with Crippen molar-refractivity contribution in [2.45, 2.75) is 19.8 Å². The summed E-state index contributed by atoms with van der Waals surface area (Å²) in [6.07, 6.45) is 2.35. The van der Waals surface area contributed by atoms with E-state index >= 15 is 0 Å². The van der Waals surface area contributed by atoms with E-state index in [-0.39, 0.29) is 0 Å². The van der Waals surface area contributed by atoms with E-state index in [2.05, 4.69) is 70.9 Å². The minimum atomic E-state index is 1.16. The van der Waals surface area contributed by atoms with Gasteiger partial charge in [-0.2, -0.15) is 0 Å². The highest BCUT2D eigenvalue weighted by atomic mass is 127. The van der Waals surface area contributed by atoms with Gasteiger partial charge in [0.25, 0.3) is 0 Å². The Balaban J connectivity index is 2.28. The van der Waals surface area contributed by atoms with Crippen molar-refractivity contribution in [3.05, 3.63) is 45.5 Å². The van der Waals surface area contributed by atoms with Crippen LogP contribution in [0.15, 0.2) is 36.4 Å². The number of aromatic amines is 1. The number of nitrogens with one attached hydrogen (secondary N) is 1.